The molecule has 7 nitrogen and oxygen atoms in total. The first-order valence-electron chi connectivity index (χ1n) is 12.8. The Labute approximate surface area is 250 Å². The molecule has 0 fully saturated rings. The fourth-order valence-corrected chi connectivity index (χ4v) is 6.09. The van der Waals surface area contributed by atoms with E-state index < -0.39 is 12.0 Å². The lowest BCUT2D eigenvalue weighted by Gasteiger charge is -2.24. The molecule has 0 spiro atoms. The molecular formula is C31H26Cl2N2O5S. The number of hydrogen-bond donors (Lipinski definition) is 0. The normalized spacial score (nSPS) is 14.9. The molecule has 0 bridgehead atoms. The highest BCUT2D eigenvalue weighted by atomic mass is 35.5. The maximum absolute atomic E-state index is 13.8. The van der Waals surface area contributed by atoms with Crippen LogP contribution in [0.3, 0.4) is 0 Å². The second-order valence-electron chi connectivity index (χ2n) is 9.15. The van der Waals surface area contributed by atoms with E-state index in [1.54, 1.807) is 55.9 Å². The summed E-state index contributed by atoms with van der Waals surface area (Å²) in [7, 11) is 1.55. The molecule has 0 unspecified atom stereocenters. The predicted molar refractivity (Wildman–Crippen MR) is 161 cm³/mol. The number of fused-ring (bicyclic) bond motifs is 1. The Kier molecular flexibility index (Phi) is 8.63. The van der Waals surface area contributed by atoms with E-state index in [1.807, 2.05) is 42.5 Å². The van der Waals surface area contributed by atoms with Crippen LogP contribution in [0.5, 0.6) is 11.5 Å². The molecular weight excluding hydrogens is 583 g/mol. The van der Waals surface area contributed by atoms with E-state index in [2.05, 4.69) is 4.99 Å². The van der Waals surface area contributed by atoms with Crippen LogP contribution in [0, 0.1) is 0 Å². The number of methoxy groups -OCH3 is 1. The molecule has 0 amide bonds. The van der Waals surface area contributed by atoms with Crippen molar-refractivity contribution in [3.05, 3.63) is 124 Å². The van der Waals surface area contributed by atoms with Crippen molar-refractivity contribution in [1.29, 1.82) is 0 Å². The van der Waals surface area contributed by atoms with E-state index in [0.29, 0.717) is 42.1 Å². The van der Waals surface area contributed by atoms with Crippen molar-refractivity contribution in [1.82, 2.24) is 4.57 Å². The number of aromatic nitrogens is 1. The van der Waals surface area contributed by atoms with Crippen molar-refractivity contribution in [2.45, 2.75) is 26.5 Å². The van der Waals surface area contributed by atoms with Crippen LogP contribution in [0.15, 0.2) is 87.8 Å². The first-order chi connectivity index (χ1) is 19.8. The van der Waals surface area contributed by atoms with Crippen molar-refractivity contribution in [3.63, 3.8) is 0 Å². The fourth-order valence-electron chi connectivity index (χ4n) is 4.58. The van der Waals surface area contributed by atoms with E-state index in [-0.39, 0.29) is 18.8 Å². The van der Waals surface area contributed by atoms with Gasteiger partial charge in [0.05, 0.1) is 35.6 Å². The van der Waals surface area contributed by atoms with Gasteiger partial charge in [0.25, 0.3) is 5.56 Å². The van der Waals surface area contributed by atoms with Crippen molar-refractivity contribution < 1.29 is 19.0 Å². The monoisotopic (exact) mass is 608 g/mol. The number of hydrogen-bond acceptors (Lipinski definition) is 7. The van der Waals surface area contributed by atoms with E-state index in [9.17, 15) is 9.59 Å². The smallest absolute Gasteiger partial charge is 0.338 e. The Morgan fingerprint density at radius 3 is 2.56 bits per heavy atom. The number of ether oxygens (including phenoxy) is 3. The molecule has 10 heteroatoms. The maximum Gasteiger partial charge on any atom is 0.338 e. The fraction of sp³-hybridized carbons (Fsp3) is 0.194. The number of halogens is 2. The van der Waals surface area contributed by atoms with Gasteiger partial charge in [-0.1, -0.05) is 77.0 Å². The molecule has 0 saturated heterocycles. The summed E-state index contributed by atoms with van der Waals surface area (Å²) in [6.45, 7) is 3.96. The average Bonchev–Trinajstić information content (AvgIpc) is 3.26. The van der Waals surface area contributed by atoms with Gasteiger partial charge in [-0.05, 0) is 55.3 Å². The van der Waals surface area contributed by atoms with Crippen LogP contribution < -0.4 is 24.4 Å². The number of rotatable bonds is 8. The minimum absolute atomic E-state index is 0.218. The van der Waals surface area contributed by atoms with Gasteiger partial charge in [-0.25, -0.2) is 9.79 Å². The second-order valence-corrected chi connectivity index (χ2v) is 11.0. The molecule has 0 aliphatic carbocycles. The zero-order valence-electron chi connectivity index (χ0n) is 22.5. The van der Waals surface area contributed by atoms with Crippen LogP contribution in [0.2, 0.25) is 10.0 Å². The number of carbonyl (C=O) groups excluding carboxylic acids is 1. The Morgan fingerprint density at radius 1 is 1.07 bits per heavy atom. The summed E-state index contributed by atoms with van der Waals surface area (Å²) in [6, 6.07) is 19.4. The zero-order chi connectivity index (χ0) is 29.1. The van der Waals surface area contributed by atoms with Gasteiger partial charge in [0, 0.05) is 15.6 Å². The van der Waals surface area contributed by atoms with Crippen molar-refractivity contribution >= 4 is 46.6 Å². The average molecular weight is 610 g/mol. The van der Waals surface area contributed by atoms with Crippen LogP contribution in [-0.2, 0) is 16.1 Å². The summed E-state index contributed by atoms with van der Waals surface area (Å²) in [6.07, 6.45) is 1.78. The third-order valence-electron chi connectivity index (χ3n) is 6.52. The van der Waals surface area contributed by atoms with Crippen LogP contribution in [0.4, 0.5) is 0 Å². The predicted octanol–water partition coefficient (Wildman–Crippen LogP) is 5.69. The second kappa shape index (κ2) is 12.3. The van der Waals surface area contributed by atoms with Gasteiger partial charge in [-0.2, -0.15) is 0 Å². The van der Waals surface area contributed by atoms with Crippen LogP contribution >= 0.6 is 34.5 Å². The van der Waals surface area contributed by atoms with Crippen LogP contribution in [0.25, 0.3) is 6.08 Å². The minimum atomic E-state index is -0.654. The molecule has 210 valence electrons. The minimum Gasteiger partial charge on any atom is -0.493 e. The number of esters is 1. The molecule has 2 heterocycles. The van der Waals surface area contributed by atoms with Crippen LogP contribution in [0.1, 0.15) is 36.6 Å². The van der Waals surface area contributed by atoms with Crippen molar-refractivity contribution in [2.24, 2.45) is 4.99 Å². The van der Waals surface area contributed by atoms with Gasteiger partial charge < -0.3 is 14.2 Å². The first kappa shape index (κ1) is 28.7. The summed E-state index contributed by atoms with van der Waals surface area (Å²) < 4.78 is 18.9. The summed E-state index contributed by atoms with van der Waals surface area (Å²) in [5, 5.41) is 1.06. The molecule has 5 rings (SSSR count). The highest BCUT2D eigenvalue weighted by molar-refractivity contribution is 7.07. The van der Waals surface area contributed by atoms with E-state index >= 15 is 0 Å². The van der Waals surface area contributed by atoms with Gasteiger partial charge in [0.15, 0.2) is 16.3 Å². The molecule has 0 saturated carbocycles. The van der Waals surface area contributed by atoms with Crippen molar-refractivity contribution in [2.75, 3.05) is 13.7 Å². The van der Waals surface area contributed by atoms with E-state index in [4.69, 9.17) is 37.4 Å². The molecule has 3 aromatic carbocycles. The molecule has 1 aromatic heterocycles. The largest absolute Gasteiger partial charge is 0.493 e. The molecule has 41 heavy (non-hydrogen) atoms. The zero-order valence-corrected chi connectivity index (χ0v) is 24.8. The highest BCUT2D eigenvalue weighted by Gasteiger charge is 2.33. The van der Waals surface area contributed by atoms with Gasteiger partial charge >= 0.3 is 5.97 Å². The third-order valence-corrected chi connectivity index (χ3v) is 8.09. The molecule has 1 atom stereocenters. The summed E-state index contributed by atoms with van der Waals surface area (Å²) in [5.41, 5.74) is 2.93. The lowest BCUT2D eigenvalue weighted by molar-refractivity contribution is -0.139. The topological polar surface area (TPSA) is 79.1 Å². The van der Waals surface area contributed by atoms with Crippen LogP contribution in [-0.4, -0.2) is 24.3 Å². The lowest BCUT2D eigenvalue weighted by atomic mass is 9.96. The van der Waals surface area contributed by atoms with E-state index in [1.165, 1.54) is 11.3 Å². The number of allylic oxidation sites excluding steroid dienone is 1. The number of carbonyl (C=O) groups is 1. The number of thiazole rings is 1. The quantitative estimate of drug-likeness (QED) is 0.240. The first-order valence-corrected chi connectivity index (χ1v) is 14.4. The highest BCUT2D eigenvalue weighted by Crippen LogP contribution is 2.32. The Hall–Kier alpha value is -3.85. The molecule has 0 N–H and O–H groups in total. The SMILES string of the molecule is CCOC(=O)C1=C(C)N=c2s/c(=C\c3ccc(OCc4ccc(Cl)cc4Cl)c(OC)c3)c(=O)n2[C@H]1c1ccccc1. The molecule has 0 radical (unpaired) electrons. The Morgan fingerprint density at radius 2 is 1.85 bits per heavy atom. The molecule has 4 aromatic rings. The Balaban J connectivity index is 1.52. The van der Waals surface area contributed by atoms with Gasteiger partial charge in [-0.15, -0.1) is 0 Å². The maximum atomic E-state index is 13.8. The summed E-state index contributed by atoms with van der Waals surface area (Å²) >= 11 is 13.5. The van der Waals surface area contributed by atoms with Gasteiger partial charge in [0.1, 0.15) is 6.61 Å². The van der Waals surface area contributed by atoms with Gasteiger partial charge in [-0.3, -0.25) is 9.36 Å². The van der Waals surface area contributed by atoms with Gasteiger partial charge in [0.2, 0.25) is 0 Å². The summed E-state index contributed by atoms with van der Waals surface area (Å²) in [5.74, 6) is 0.534. The lowest BCUT2D eigenvalue weighted by Crippen LogP contribution is -2.39. The number of nitrogens with zero attached hydrogens (tertiary/aromatic N) is 2. The summed E-state index contributed by atoms with van der Waals surface area (Å²) in [4.78, 5) is 31.9. The molecule has 1 aliphatic rings. The third kappa shape index (κ3) is 5.95. The standard InChI is InChI=1S/C31H26Cl2N2O5S/c1-4-39-30(37)27-18(2)34-31-35(28(27)20-8-6-5-7-9-20)29(36)26(41-31)15-19-10-13-24(25(14-19)38-3)40-17-21-11-12-22(32)16-23(21)33/h5-16,28H,4,17H2,1-3H3/b26-15-/t28-/m0/s1. The Bertz CT molecular complexity index is 1830. The van der Waals surface area contributed by atoms with Crippen molar-refractivity contribution in [3.8, 4) is 11.5 Å². The van der Waals surface area contributed by atoms with E-state index in [0.717, 1.165) is 16.7 Å². The molecule has 1 aliphatic heterocycles. The number of benzene rings is 3.